The zero-order chi connectivity index (χ0) is 14.6. The van der Waals surface area contributed by atoms with Gasteiger partial charge in [-0.05, 0) is 6.92 Å². The quantitative estimate of drug-likeness (QED) is 0.735. The molecule has 0 aliphatic heterocycles. The molecule has 8 nitrogen and oxygen atoms in total. The van der Waals surface area contributed by atoms with E-state index in [0.717, 1.165) is 0 Å². The number of ether oxygens (including phenoxy) is 2. The van der Waals surface area contributed by atoms with Gasteiger partial charge in [0, 0.05) is 14.2 Å². The van der Waals surface area contributed by atoms with Crippen molar-refractivity contribution in [3.8, 4) is 0 Å². The van der Waals surface area contributed by atoms with E-state index in [1.54, 1.807) is 6.92 Å². The molecule has 9 heteroatoms. The van der Waals surface area contributed by atoms with Crippen molar-refractivity contribution >= 4 is 21.7 Å². The summed E-state index contributed by atoms with van der Waals surface area (Å²) in [4.78, 5) is 11.6. The molecule has 19 heavy (non-hydrogen) atoms. The van der Waals surface area contributed by atoms with Gasteiger partial charge in [-0.25, -0.2) is 13.2 Å². The summed E-state index contributed by atoms with van der Waals surface area (Å²) in [6, 6.07) is 0. The van der Waals surface area contributed by atoms with E-state index in [4.69, 9.17) is 4.74 Å². The van der Waals surface area contributed by atoms with E-state index >= 15 is 0 Å². The molecule has 0 saturated heterocycles. The van der Waals surface area contributed by atoms with Crippen LogP contribution in [-0.2, 0) is 26.5 Å². The first-order valence-corrected chi connectivity index (χ1v) is 7.09. The molecule has 0 amide bonds. The highest BCUT2D eigenvalue weighted by atomic mass is 32.2. The van der Waals surface area contributed by atoms with Crippen LogP contribution in [0.3, 0.4) is 0 Å². The van der Waals surface area contributed by atoms with Crippen LogP contribution in [-0.4, -0.2) is 50.7 Å². The van der Waals surface area contributed by atoms with Crippen molar-refractivity contribution < 1.29 is 22.7 Å². The Hall–Kier alpha value is -1.61. The molecule has 0 spiro atoms. The summed E-state index contributed by atoms with van der Waals surface area (Å²) in [5, 5.41) is 4.00. The van der Waals surface area contributed by atoms with Crippen molar-refractivity contribution in [3.05, 3.63) is 11.4 Å². The third kappa shape index (κ3) is 3.67. The molecule has 1 rings (SSSR count). The third-order valence-electron chi connectivity index (χ3n) is 2.41. The maximum absolute atomic E-state index is 11.8. The molecule has 0 aromatic carbocycles. The zero-order valence-electron chi connectivity index (χ0n) is 11.3. The molecular formula is C10H17N3O5S. The minimum absolute atomic E-state index is 0.0565. The summed E-state index contributed by atoms with van der Waals surface area (Å²) in [7, 11) is 0.551. The molecule has 0 fully saturated rings. The van der Waals surface area contributed by atoms with Gasteiger partial charge >= 0.3 is 5.97 Å². The van der Waals surface area contributed by atoms with Crippen LogP contribution in [0.1, 0.15) is 16.2 Å². The molecule has 0 bridgehead atoms. The molecule has 1 aromatic heterocycles. The summed E-state index contributed by atoms with van der Waals surface area (Å²) in [6.45, 7) is 1.66. The van der Waals surface area contributed by atoms with E-state index in [0.29, 0.717) is 5.69 Å². The fourth-order valence-electron chi connectivity index (χ4n) is 1.51. The normalized spacial score (nSPS) is 11.4. The molecule has 1 N–H and O–H groups in total. The Morgan fingerprint density at radius 3 is 2.58 bits per heavy atom. The zero-order valence-corrected chi connectivity index (χ0v) is 12.1. The van der Waals surface area contributed by atoms with Crippen LogP contribution < -0.4 is 4.72 Å². The number of esters is 1. The van der Waals surface area contributed by atoms with Gasteiger partial charge in [-0.2, -0.15) is 5.10 Å². The van der Waals surface area contributed by atoms with Crippen molar-refractivity contribution in [2.24, 2.45) is 7.05 Å². The first kappa shape index (κ1) is 15.4. The number of aryl methyl sites for hydroxylation is 2. The Bertz CT molecular complexity index is 564. The van der Waals surface area contributed by atoms with Crippen LogP contribution in [0.5, 0.6) is 0 Å². The van der Waals surface area contributed by atoms with Crippen LogP contribution in [0.25, 0.3) is 0 Å². The first-order chi connectivity index (χ1) is 8.82. The average molecular weight is 291 g/mol. The van der Waals surface area contributed by atoms with Crippen LogP contribution in [0, 0.1) is 6.92 Å². The number of anilines is 1. The Labute approximate surface area is 111 Å². The van der Waals surface area contributed by atoms with Gasteiger partial charge in [0.1, 0.15) is 5.69 Å². The number of methoxy groups -OCH3 is 2. The number of nitrogens with one attached hydrogen (secondary N) is 1. The second-order valence-electron chi connectivity index (χ2n) is 3.84. The summed E-state index contributed by atoms with van der Waals surface area (Å²) >= 11 is 0. The van der Waals surface area contributed by atoms with Gasteiger partial charge in [0.05, 0.1) is 25.2 Å². The largest absolute Gasteiger partial charge is 0.464 e. The fraction of sp³-hybridized carbons (Fsp3) is 0.600. The smallest absolute Gasteiger partial charge is 0.358 e. The summed E-state index contributed by atoms with van der Waals surface area (Å²) in [5.74, 6) is -0.870. The second kappa shape index (κ2) is 6.02. The lowest BCUT2D eigenvalue weighted by molar-refractivity contribution is 0.0589. The number of rotatable bonds is 6. The number of aromatic nitrogens is 2. The summed E-state index contributed by atoms with van der Waals surface area (Å²) in [6.07, 6.45) is 0. The van der Waals surface area contributed by atoms with Crippen LogP contribution in [0.2, 0.25) is 0 Å². The maximum atomic E-state index is 11.8. The minimum Gasteiger partial charge on any atom is -0.464 e. The lowest BCUT2D eigenvalue weighted by Crippen LogP contribution is -2.22. The first-order valence-electron chi connectivity index (χ1n) is 5.43. The van der Waals surface area contributed by atoms with E-state index in [9.17, 15) is 13.2 Å². The molecule has 108 valence electrons. The van der Waals surface area contributed by atoms with Crippen LogP contribution >= 0.6 is 0 Å². The van der Waals surface area contributed by atoms with Crippen molar-refractivity contribution in [1.29, 1.82) is 0 Å². The molecular weight excluding hydrogens is 274 g/mol. The number of sulfonamides is 1. The topological polar surface area (TPSA) is 99.5 Å². The van der Waals surface area contributed by atoms with Gasteiger partial charge in [-0.15, -0.1) is 0 Å². The summed E-state index contributed by atoms with van der Waals surface area (Å²) in [5.41, 5.74) is 0.579. The lowest BCUT2D eigenvalue weighted by Gasteiger charge is -2.08. The molecule has 1 aromatic rings. The van der Waals surface area contributed by atoms with Crippen molar-refractivity contribution in [2.75, 3.05) is 31.3 Å². The number of nitrogens with zero attached hydrogens (tertiary/aromatic N) is 2. The highest BCUT2D eigenvalue weighted by Gasteiger charge is 2.24. The van der Waals surface area contributed by atoms with E-state index < -0.39 is 16.0 Å². The lowest BCUT2D eigenvalue weighted by atomic mass is 10.3. The van der Waals surface area contributed by atoms with Gasteiger partial charge in [0.2, 0.25) is 10.0 Å². The van der Waals surface area contributed by atoms with Gasteiger partial charge in [0.25, 0.3) is 0 Å². The van der Waals surface area contributed by atoms with Crippen molar-refractivity contribution in [1.82, 2.24) is 9.78 Å². The van der Waals surface area contributed by atoms with E-state index in [-0.39, 0.29) is 23.7 Å². The predicted molar refractivity (Wildman–Crippen MR) is 68.6 cm³/mol. The second-order valence-corrected chi connectivity index (χ2v) is 5.68. The molecule has 1 heterocycles. The fourth-order valence-corrected chi connectivity index (χ4v) is 2.55. The maximum Gasteiger partial charge on any atom is 0.358 e. The van der Waals surface area contributed by atoms with Gasteiger partial charge in [-0.3, -0.25) is 9.40 Å². The number of carbonyl (C=O) groups is 1. The Balaban J connectivity index is 3.11. The number of hydrogen-bond acceptors (Lipinski definition) is 6. The SMILES string of the molecule is COCCS(=O)(=O)Nc1c(C)nn(C)c1C(=O)OC. The molecule has 0 saturated carbocycles. The molecule has 0 aliphatic rings. The molecule has 0 atom stereocenters. The number of carbonyl (C=O) groups excluding carboxylic acids is 1. The number of hydrogen-bond donors (Lipinski definition) is 1. The third-order valence-corrected chi connectivity index (χ3v) is 3.63. The Morgan fingerprint density at radius 1 is 1.42 bits per heavy atom. The standard InChI is InChI=1S/C10H17N3O5S/c1-7-8(12-19(15,16)6-5-17-3)9(10(14)18-4)13(2)11-7/h12H,5-6H2,1-4H3. The van der Waals surface area contributed by atoms with Gasteiger partial charge < -0.3 is 9.47 Å². The van der Waals surface area contributed by atoms with E-state index in [1.807, 2.05) is 0 Å². The predicted octanol–water partition coefficient (Wildman–Crippen LogP) is -0.0968. The van der Waals surface area contributed by atoms with Crippen LogP contribution in [0.15, 0.2) is 0 Å². The molecule has 0 aliphatic carbocycles. The average Bonchev–Trinajstić information content (AvgIpc) is 2.60. The molecule has 0 unspecified atom stereocenters. The van der Waals surface area contributed by atoms with Crippen LogP contribution in [0.4, 0.5) is 5.69 Å². The highest BCUT2D eigenvalue weighted by Crippen LogP contribution is 2.21. The van der Waals surface area contributed by atoms with E-state index in [1.165, 1.54) is 25.9 Å². The van der Waals surface area contributed by atoms with Gasteiger partial charge in [0.15, 0.2) is 5.69 Å². The van der Waals surface area contributed by atoms with Crippen molar-refractivity contribution in [3.63, 3.8) is 0 Å². The highest BCUT2D eigenvalue weighted by molar-refractivity contribution is 7.92. The summed E-state index contributed by atoms with van der Waals surface area (Å²) < 4.78 is 36.5. The Kier molecular flexibility index (Phi) is 4.90. The Morgan fingerprint density at radius 2 is 2.05 bits per heavy atom. The van der Waals surface area contributed by atoms with Gasteiger partial charge in [-0.1, -0.05) is 0 Å². The minimum atomic E-state index is -3.61. The molecule has 0 radical (unpaired) electrons. The monoisotopic (exact) mass is 291 g/mol. The van der Waals surface area contributed by atoms with E-state index in [2.05, 4.69) is 14.6 Å². The van der Waals surface area contributed by atoms with Crippen molar-refractivity contribution in [2.45, 2.75) is 6.92 Å².